The summed E-state index contributed by atoms with van der Waals surface area (Å²) < 4.78 is 29.2. The highest BCUT2D eigenvalue weighted by Gasteiger charge is 2.11. The summed E-state index contributed by atoms with van der Waals surface area (Å²) in [6, 6.07) is 3.95. The standard InChI is InChI=1S/C12H17Br2NO3S/c1-8(15)5-9-6-10(13)12(11(14)7-9)18-3-4-19(2,16)17/h6-8H,3-5,15H2,1-2H3. The minimum Gasteiger partial charge on any atom is -0.490 e. The third-order valence-electron chi connectivity index (χ3n) is 2.32. The van der Waals surface area contributed by atoms with Crippen molar-refractivity contribution in [3.05, 3.63) is 26.6 Å². The Morgan fingerprint density at radius 1 is 1.32 bits per heavy atom. The van der Waals surface area contributed by atoms with Gasteiger partial charge in [-0.05, 0) is 62.9 Å². The molecule has 1 aromatic rings. The van der Waals surface area contributed by atoms with Crippen LogP contribution >= 0.6 is 31.9 Å². The first kappa shape index (κ1) is 16.9. The average molecular weight is 415 g/mol. The van der Waals surface area contributed by atoms with Gasteiger partial charge in [-0.25, -0.2) is 8.42 Å². The molecular formula is C12H17Br2NO3S. The maximum atomic E-state index is 11.0. The number of hydrogen-bond acceptors (Lipinski definition) is 4. The Bertz CT molecular complexity index is 521. The summed E-state index contributed by atoms with van der Waals surface area (Å²) in [6.07, 6.45) is 1.95. The van der Waals surface area contributed by atoms with E-state index in [9.17, 15) is 8.42 Å². The molecule has 1 unspecified atom stereocenters. The molecule has 0 radical (unpaired) electrons. The summed E-state index contributed by atoms with van der Waals surface area (Å²) in [5.74, 6) is 0.602. The summed E-state index contributed by atoms with van der Waals surface area (Å²) in [5.41, 5.74) is 6.85. The zero-order valence-electron chi connectivity index (χ0n) is 10.8. The molecule has 19 heavy (non-hydrogen) atoms. The largest absolute Gasteiger partial charge is 0.490 e. The molecule has 2 N–H and O–H groups in total. The van der Waals surface area contributed by atoms with Crippen molar-refractivity contribution < 1.29 is 13.2 Å². The molecule has 0 amide bonds. The van der Waals surface area contributed by atoms with Crippen LogP contribution in [0.1, 0.15) is 12.5 Å². The molecule has 0 heterocycles. The smallest absolute Gasteiger partial charge is 0.150 e. The lowest BCUT2D eigenvalue weighted by Gasteiger charge is -2.13. The molecule has 1 aromatic carbocycles. The number of halogens is 2. The highest BCUT2D eigenvalue weighted by atomic mass is 79.9. The van der Waals surface area contributed by atoms with E-state index in [1.54, 1.807) is 0 Å². The molecular weight excluding hydrogens is 398 g/mol. The molecule has 0 aromatic heterocycles. The second-order valence-electron chi connectivity index (χ2n) is 4.55. The molecule has 4 nitrogen and oxygen atoms in total. The molecule has 0 aliphatic carbocycles. The number of ether oxygens (including phenoxy) is 1. The number of nitrogens with two attached hydrogens (primary N) is 1. The fourth-order valence-corrected chi connectivity index (χ4v) is 3.43. The molecule has 0 spiro atoms. The van der Waals surface area contributed by atoms with E-state index in [1.807, 2.05) is 19.1 Å². The molecule has 0 fully saturated rings. The average Bonchev–Trinajstić information content (AvgIpc) is 2.19. The van der Waals surface area contributed by atoms with Gasteiger partial charge in [0.15, 0.2) is 9.84 Å². The first-order chi connectivity index (χ1) is 8.69. The van der Waals surface area contributed by atoms with Crippen LogP contribution in [-0.4, -0.2) is 33.1 Å². The van der Waals surface area contributed by atoms with Crippen LogP contribution in [0, 0.1) is 0 Å². The number of rotatable bonds is 6. The van der Waals surface area contributed by atoms with Crippen LogP contribution in [0.15, 0.2) is 21.1 Å². The van der Waals surface area contributed by atoms with Crippen LogP contribution in [0.2, 0.25) is 0 Å². The summed E-state index contributed by atoms with van der Waals surface area (Å²) in [5, 5.41) is 0. The Hall–Kier alpha value is -0.110. The van der Waals surface area contributed by atoms with Crippen LogP contribution in [-0.2, 0) is 16.3 Å². The molecule has 1 atom stereocenters. The van der Waals surface area contributed by atoms with Gasteiger partial charge in [-0.15, -0.1) is 0 Å². The van der Waals surface area contributed by atoms with Crippen LogP contribution in [0.4, 0.5) is 0 Å². The van der Waals surface area contributed by atoms with E-state index in [2.05, 4.69) is 31.9 Å². The van der Waals surface area contributed by atoms with Gasteiger partial charge < -0.3 is 10.5 Å². The second-order valence-corrected chi connectivity index (χ2v) is 8.52. The van der Waals surface area contributed by atoms with Gasteiger partial charge in [0.2, 0.25) is 0 Å². The molecule has 0 saturated carbocycles. The van der Waals surface area contributed by atoms with E-state index in [0.29, 0.717) is 5.75 Å². The lowest BCUT2D eigenvalue weighted by molar-refractivity contribution is 0.336. The third-order valence-corrected chi connectivity index (χ3v) is 4.40. The van der Waals surface area contributed by atoms with Crippen molar-refractivity contribution in [1.82, 2.24) is 0 Å². The van der Waals surface area contributed by atoms with Gasteiger partial charge in [-0.3, -0.25) is 0 Å². The van der Waals surface area contributed by atoms with E-state index < -0.39 is 9.84 Å². The number of benzene rings is 1. The fraction of sp³-hybridized carbons (Fsp3) is 0.500. The van der Waals surface area contributed by atoms with Gasteiger partial charge in [0.05, 0.1) is 14.7 Å². The number of sulfone groups is 1. The van der Waals surface area contributed by atoms with Crippen LogP contribution in [0.25, 0.3) is 0 Å². The van der Waals surface area contributed by atoms with Crippen LogP contribution in [0.5, 0.6) is 5.75 Å². The monoisotopic (exact) mass is 413 g/mol. The molecule has 0 aliphatic heterocycles. The predicted molar refractivity (Wildman–Crippen MR) is 84.4 cm³/mol. The van der Waals surface area contributed by atoms with E-state index in [1.165, 1.54) is 6.26 Å². The Morgan fingerprint density at radius 2 is 1.84 bits per heavy atom. The van der Waals surface area contributed by atoms with Crippen molar-refractivity contribution in [2.45, 2.75) is 19.4 Å². The molecule has 7 heteroatoms. The summed E-state index contributed by atoms with van der Waals surface area (Å²) >= 11 is 6.85. The third kappa shape index (κ3) is 6.25. The number of hydrogen-bond donors (Lipinski definition) is 1. The Balaban J connectivity index is 2.80. The maximum Gasteiger partial charge on any atom is 0.150 e. The van der Waals surface area contributed by atoms with Gasteiger partial charge in [-0.2, -0.15) is 0 Å². The molecule has 1 rings (SSSR count). The van der Waals surface area contributed by atoms with E-state index in [0.717, 1.165) is 20.9 Å². The van der Waals surface area contributed by atoms with Crippen molar-refractivity contribution in [1.29, 1.82) is 0 Å². The Morgan fingerprint density at radius 3 is 2.26 bits per heavy atom. The van der Waals surface area contributed by atoms with Gasteiger partial charge >= 0.3 is 0 Å². The van der Waals surface area contributed by atoms with Crippen molar-refractivity contribution >= 4 is 41.7 Å². The maximum absolute atomic E-state index is 11.0. The topological polar surface area (TPSA) is 69.4 Å². The lowest BCUT2D eigenvalue weighted by atomic mass is 10.1. The van der Waals surface area contributed by atoms with Crippen molar-refractivity contribution in [3.63, 3.8) is 0 Å². The van der Waals surface area contributed by atoms with Crippen molar-refractivity contribution in [3.8, 4) is 5.75 Å². The minimum absolute atomic E-state index is 0.00648. The van der Waals surface area contributed by atoms with Crippen LogP contribution < -0.4 is 10.5 Å². The highest BCUT2D eigenvalue weighted by Crippen LogP contribution is 2.35. The first-order valence-electron chi connectivity index (χ1n) is 5.73. The Kier molecular flexibility index (Phi) is 6.29. The molecule has 0 saturated heterocycles. The summed E-state index contributed by atoms with van der Waals surface area (Å²) in [6.45, 7) is 2.07. The zero-order chi connectivity index (χ0) is 14.6. The zero-order valence-corrected chi connectivity index (χ0v) is 14.8. The van der Waals surface area contributed by atoms with E-state index >= 15 is 0 Å². The predicted octanol–water partition coefficient (Wildman–Crippen LogP) is 2.52. The molecule has 108 valence electrons. The van der Waals surface area contributed by atoms with Gasteiger partial charge in [0.25, 0.3) is 0 Å². The molecule has 0 bridgehead atoms. The lowest BCUT2D eigenvalue weighted by Crippen LogP contribution is -2.18. The Labute approximate surface area is 130 Å². The van der Waals surface area contributed by atoms with E-state index in [4.69, 9.17) is 10.5 Å². The first-order valence-corrected chi connectivity index (χ1v) is 9.37. The van der Waals surface area contributed by atoms with Crippen molar-refractivity contribution in [2.75, 3.05) is 18.6 Å². The highest BCUT2D eigenvalue weighted by molar-refractivity contribution is 9.11. The summed E-state index contributed by atoms with van der Waals surface area (Å²) in [4.78, 5) is 0. The van der Waals surface area contributed by atoms with E-state index in [-0.39, 0.29) is 18.4 Å². The van der Waals surface area contributed by atoms with Gasteiger partial charge in [-0.1, -0.05) is 0 Å². The van der Waals surface area contributed by atoms with Gasteiger partial charge in [0.1, 0.15) is 12.4 Å². The van der Waals surface area contributed by atoms with Crippen molar-refractivity contribution in [2.24, 2.45) is 5.73 Å². The second kappa shape index (κ2) is 7.06. The minimum atomic E-state index is -3.02. The van der Waals surface area contributed by atoms with Crippen LogP contribution in [0.3, 0.4) is 0 Å². The quantitative estimate of drug-likeness (QED) is 0.776. The SMILES string of the molecule is CC(N)Cc1cc(Br)c(OCCS(C)(=O)=O)c(Br)c1. The van der Waals surface area contributed by atoms with Gasteiger partial charge in [0, 0.05) is 12.3 Å². The fourth-order valence-electron chi connectivity index (χ4n) is 1.54. The normalized spacial score (nSPS) is 13.3. The summed E-state index contributed by atoms with van der Waals surface area (Å²) in [7, 11) is -3.02. The molecule has 0 aliphatic rings.